The molecule has 2 heterocycles. The van der Waals surface area contributed by atoms with Crippen LogP contribution >= 0.6 is 11.3 Å². The van der Waals surface area contributed by atoms with Crippen molar-refractivity contribution in [2.75, 3.05) is 0 Å². The number of hydrogen-bond acceptors (Lipinski definition) is 5. The van der Waals surface area contributed by atoms with E-state index in [1.54, 1.807) is 12.3 Å². The third kappa shape index (κ3) is 3.34. The van der Waals surface area contributed by atoms with Crippen LogP contribution in [0, 0.1) is 6.92 Å². The van der Waals surface area contributed by atoms with Crippen LogP contribution < -0.4 is 4.74 Å². The van der Waals surface area contributed by atoms with Crippen molar-refractivity contribution in [2.24, 2.45) is 0 Å². The second kappa shape index (κ2) is 7.06. The molecule has 0 bridgehead atoms. The number of fused-ring (bicyclic) bond motifs is 1. The summed E-state index contributed by atoms with van der Waals surface area (Å²) in [7, 11) is 0. The Balaban J connectivity index is 1.72. The molecule has 2 aromatic carbocycles. The van der Waals surface area contributed by atoms with E-state index in [9.17, 15) is 4.79 Å². The summed E-state index contributed by atoms with van der Waals surface area (Å²) in [4.78, 5) is 23.1. The molecule has 0 radical (unpaired) electrons. The van der Waals surface area contributed by atoms with Crippen LogP contribution in [0.4, 0.5) is 0 Å². The molecule has 0 fully saturated rings. The van der Waals surface area contributed by atoms with Crippen LogP contribution in [0.15, 0.2) is 67.1 Å². The van der Waals surface area contributed by atoms with Crippen molar-refractivity contribution in [3.63, 3.8) is 0 Å². The van der Waals surface area contributed by atoms with Crippen LogP contribution in [0.5, 0.6) is 5.75 Å². The van der Waals surface area contributed by atoms with Crippen LogP contribution in [0.2, 0.25) is 0 Å². The van der Waals surface area contributed by atoms with Gasteiger partial charge in [-0.25, -0.2) is 9.97 Å². The average Bonchev–Trinajstić information content (AvgIpc) is 3.12. The zero-order chi connectivity index (χ0) is 17.9. The number of rotatable bonds is 5. The minimum Gasteiger partial charge on any atom is -0.487 e. The molecule has 0 aliphatic carbocycles. The van der Waals surface area contributed by atoms with Crippen molar-refractivity contribution in [1.82, 2.24) is 9.97 Å². The fraction of sp³-hybridized carbons (Fsp3) is 0.0952. The lowest BCUT2D eigenvalue weighted by atomic mass is 10.1. The highest BCUT2D eigenvalue weighted by Crippen LogP contribution is 2.28. The first-order valence-corrected chi connectivity index (χ1v) is 9.04. The lowest BCUT2D eigenvalue weighted by Crippen LogP contribution is -2.02. The van der Waals surface area contributed by atoms with E-state index < -0.39 is 0 Å². The molecule has 0 aliphatic heterocycles. The highest BCUT2D eigenvalue weighted by molar-refractivity contribution is 7.14. The van der Waals surface area contributed by atoms with Gasteiger partial charge in [-0.05, 0) is 36.8 Å². The Morgan fingerprint density at radius 3 is 2.73 bits per heavy atom. The largest absolute Gasteiger partial charge is 0.487 e. The highest BCUT2D eigenvalue weighted by atomic mass is 32.1. The number of benzene rings is 2. The summed E-state index contributed by atoms with van der Waals surface area (Å²) in [6.45, 7) is 2.40. The Labute approximate surface area is 155 Å². The number of aromatic nitrogens is 2. The van der Waals surface area contributed by atoms with Crippen LogP contribution in [0.25, 0.3) is 10.9 Å². The molecule has 2 aromatic heterocycles. The molecule has 26 heavy (non-hydrogen) atoms. The normalized spacial score (nSPS) is 10.8. The van der Waals surface area contributed by atoms with Crippen molar-refractivity contribution >= 4 is 28.0 Å². The number of aryl methyl sites for hydroxylation is 1. The van der Waals surface area contributed by atoms with Gasteiger partial charge in [-0.2, -0.15) is 0 Å². The van der Waals surface area contributed by atoms with Crippen molar-refractivity contribution in [3.8, 4) is 5.75 Å². The van der Waals surface area contributed by atoms with Gasteiger partial charge in [-0.3, -0.25) is 4.79 Å². The molecular formula is C21H16N2O2S. The quantitative estimate of drug-likeness (QED) is 0.479. The van der Waals surface area contributed by atoms with Crippen LogP contribution in [0.3, 0.4) is 0 Å². The maximum Gasteiger partial charge on any atom is 0.203 e. The topological polar surface area (TPSA) is 52.1 Å². The van der Waals surface area contributed by atoms with E-state index in [1.165, 1.54) is 17.7 Å². The van der Waals surface area contributed by atoms with Gasteiger partial charge in [0.15, 0.2) is 0 Å². The lowest BCUT2D eigenvalue weighted by molar-refractivity contribution is 0.104. The van der Waals surface area contributed by atoms with E-state index in [1.807, 2.05) is 55.5 Å². The SMILES string of the molecule is Cc1ccc(C(=O)c2cc(OCc3ccccc3)c3ncncc3c2)s1. The monoisotopic (exact) mass is 360 g/mol. The molecule has 0 amide bonds. The zero-order valence-corrected chi connectivity index (χ0v) is 15.0. The highest BCUT2D eigenvalue weighted by Gasteiger charge is 2.15. The predicted octanol–water partition coefficient (Wildman–Crippen LogP) is 4.81. The second-order valence-corrected chi connectivity index (χ2v) is 7.24. The number of nitrogens with zero attached hydrogens (tertiary/aromatic N) is 2. The Morgan fingerprint density at radius 2 is 1.96 bits per heavy atom. The first kappa shape index (κ1) is 16.4. The third-order valence-corrected chi connectivity index (χ3v) is 5.03. The molecule has 4 rings (SSSR count). The molecule has 4 aromatic rings. The number of thiophene rings is 1. The van der Waals surface area contributed by atoms with Gasteiger partial charge in [0.25, 0.3) is 0 Å². The molecule has 0 saturated heterocycles. The standard InChI is InChI=1S/C21H16N2O2S/c1-14-7-8-19(26-14)21(24)16-9-17-11-22-13-23-20(17)18(10-16)25-12-15-5-3-2-4-6-15/h2-11,13H,12H2,1H3. The number of hydrogen-bond donors (Lipinski definition) is 0. The minimum absolute atomic E-state index is 0.0154. The Morgan fingerprint density at radius 1 is 1.12 bits per heavy atom. The van der Waals surface area contributed by atoms with Crippen LogP contribution in [0.1, 0.15) is 25.7 Å². The molecule has 0 aliphatic rings. The van der Waals surface area contributed by atoms with E-state index in [0.29, 0.717) is 28.3 Å². The van der Waals surface area contributed by atoms with E-state index in [2.05, 4.69) is 9.97 Å². The van der Waals surface area contributed by atoms with Crippen LogP contribution in [-0.2, 0) is 6.61 Å². The van der Waals surface area contributed by atoms with Crippen molar-refractivity contribution in [1.29, 1.82) is 0 Å². The molecular weight excluding hydrogens is 344 g/mol. The van der Waals surface area contributed by atoms with Gasteiger partial charge in [0, 0.05) is 22.0 Å². The molecule has 0 atom stereocenters. The van der Waals surface area contributed by atoms with Gasteiger partial charge in [-0.1, -0.05) is 30.3 Å². The molecule has 0 unspecified atom stereocenters. The second-order valence-electron chi connectivity index (χ2n) is 5.95. The zero-order valence-electron chi connectivity index (χ0n) is 14.2. The summed E-state index contributed by atoms with van der Waals surface area (Å²) in [6, 6.07) is 17.3. The van der Waals surface area contributed by atoms with Gasteiger partial charge in [0.2, 0.25) is 5.78 Å². The first-order valence-electron chi connectivity index (χ1n) is 8.22. The third-order valence-electron chi connectivity index (χ3n) is 4.04. The summed E-state index contributed by atoms with van der Waals surface area (Å²) in [5.74, 6) is 0.573. The van der Waals surface area contributed by atoms with Gasteiger partial charge >= 0.3 is 0 Å². The maximum absolute atomic E-state index is 12.8. The van der Waals surface area contributed by atoms with E-state index in [4.69, 9.17) is 4.74 Å². The summed E-state index contributed by atoms with van der Waals surface area (Å²) >= 11 is 1.49. The Bertz CT molecular complexity index is 1070. The lowest BCUT2D eigenvalue weighted by Gasteiger charge is -2.10. The number of ether oxygens (including phenoxy) is 1. The Hall–Kier alpha value is -3.05. The van der Waals surface area contributed by atoms with E-state index in [-0.39, 0.29) is 5.78 Å². The summed E-state index contributed by atoms with van der Waals surface area (Å²) in [5, 5.41) is 0.787. The van der Waals surface area contributed by atoms with Gasteiger partial charge in [0.1, 0.15) is 24.2 Å². The fourth-order valence-electron chi connectivity index (χ4n) is 2.75. The van der Waals surface area contributed by atoms with Gasteiger partial charge in [-0.15, -0.1) is 11.3 Å². The number of carbonyl (C=O) groups is 1. The summed E-state index contributed by atoms with van der Waals surface area (Å²) in [6.07, 6.45) is 3.19. The van der Waals surface area contributed by atoms with Gasteiger partial charge in [0.05, 0.1) is 4.88 Å². The van der Waals surface area contributed by atoms with E-state index >= 15 is 0 Å². The molecule has 0 saturated carbocycles. The van der Waals surface area contributed by atoms with E-state index in [0.717, 1.165) is 15.8 Å². The maximum atomic E-state index is 12.8. The first-order chi connectivity index (χ1) is 12.7. The smallest absolute Gasteiger partial charge is 0.203 e. The average molecular weight is 360 g/mol. The minimum atomic E-state index is -0.0154. The van der Waals surface area contributed by atoms with Crippen molar-refractivity contribution in [2.45, 2.75) is 13.5 Å². The fourth-order valence-corrected chi connectivity index (χ4v) is 3.58. The predicted molar refractivity (Wildman–Crippen MR) is 103 cm³/mol. The molecule has 0 spiro atoms. The number of carbonyl (C=O) groups excluding carboxylic acids is 1. The number of ketones is 1. The van der Waals surface area contributed by atoms with Crippen LogP contribution in [-0.4, -0.2) is 15.8 Å². The van der Waals surface area contributed by atoms with Gasteiger partial charge < -0.3 is 4.74 Å². The molecule has 128 valence electrons. The molecule has 5 heteroatoms. The Kier molecular flexibility index (Phi) is 4.46. The van der Waals surface area contributed by atoms with Crippen molar-refractivity contribution in [3.05, 3.63) is 88.0 Å². The summed E-state index contributed by atoms with van der Waals surface area (Å²) in [5.41, 5.74) is 2.34. The van der Waals surface area contributed by atoms with Crippen molar-refractivity contribution < 1.29 is 9.53 Å². The molecule has 4 nitrogen and oxygen atoms in total. The molecule has 0 N–H and O–H groups in total. The summed E-state index contributed by atoms with van der Waals surface area (Å²) < 4.78 is 6.00.